The highest BCUT2D eigenvalue weighted by Gasteiger charge is 2.02. The average molecular weight is 253 g/mol. The molecule has 98 valence electrons. The third kappa shape index (κ3) is 13.8. The van der Waals surface area contributed by atoms with Crippen LogP contribution in [-0.4, -0.2) is 45.5 Å². The van der Waals surface area contributed by atoms with Gasteiger partial charge in [0, 0.05) is 13.7 Å². The predicted molar refractivity (Wildman–Crippen MR) is 64.2 cm³/mol. The van der Waals surface area contributed by atoms with Crippen molar-refractivity contribution in [1.29, 1.82) is 0 Å². The van der Waals surface area contributed by atoms with Gasteiger partial charge in [-0.2, -0.15) is 8.42 Å². The molecule has 0 aromatic carbocycles. The Morgan fingerprint density at radius 1 is 1.06 bits per heavy atom. The van der Waals surface area contributed by atoms with Gasteiger partial charge in [-0.1, -0.05) is 12.8 Å². The lowest BCUT2D eigenvalue weighted by Gasteiger charge is -2.04. The molecule has 5 nitrogen and oxygen atoms in total. The number of nitrogens with one attached hydrogen (secondary N) is 1. The van der Waals surface area contributed by atoms with Gasteiger partial charge in [0.25, 0.3) is 10.1 Å². The third-order valence-electron chi connectivity index (χ3n) is 2.21. The van der Waals surface area contributed by atoms with Crippen molar-refractivity contribution in [3.63, 3.8) is 0 Å². The Bertz CT molecular complexity index is 241. The molecular formula is C10H23NO4S. The first kappa shape index (κ1) is 15.8. The topological polar surface area (TPSA) is 75.6 Å². The molecule has 0 aliphatic heterocycles. The van der Waals surface area contributed by atoms with Crippen LogP contribution >= 0.6 is 0 Å². The summed E-state index contributed by atoms with van der Waals surface area (Å²) in [6.45, 7) is 2.69. The highest BCUT2D eigenvalue weighted by atomic mass is 32.2. The van der Waals surface area contributed by atoms with Crippen LogP contribution < -0.4 is 5.32 Å². The van der Waals surface area contributed by atoms with Gasteiger partial charge in [0.1, 0.15) is 0 Å². The maximum Gasteiger partial charge on any atom is 0.264 e. The van der Waals surface area contributed by atoms with Crippen LogP contribution in [-0.2, 0) is 14.9 Å². The molecule has 16 heavy (non-hydrogen) atoms. The standard InChI is InChI=1S/C10H23NO4S/c1-15-9-6-8-11-7-4-2-3-5-10-16(12,13)14/h11H,2-10H2,1H3,(H,12,13,14). The number of unbranched alkanes of at least 4 members (excludes halogenated alkanes) is 3. The zero-order chi connectivity index (χ0) is 12.3. The molecule has 0 atom stereocenters. The lowest BCUT2D eigenvalue weighted by Crippen LogP contribution is -2.17. The number of hydrogen-bond donors (Lipinski definition) is 2. The summed E-state index contributed by atoms with van der Waals surface area (Å²) in [5.74, 6) is -0.117. The average Bonchev–Trinajstić information content (AvgIpc) is 2.19. The Morgan fingerprint density at radius 2 is 1.69 bits per heavy atom. The Morgan fingerprint density at radius 3 is 2.31 bits per heavy atom. The second kappa shape index (κ2) is 10.0. The fourth-order valence-electron chi connectivity index (χ4n) is 1.35. The van der Waals surface area contributed by atoms with Crippen molar-refractivity contribution in [3.8, 4) is 0 Å². The minimum atomic E-state index is -3.76. The highest BCUT2D eigenvalue weighted by Crippen LogP contribution is 2.00. The fraction of sp³-hybridized carbons (Fsp3) is 1.00. The second-order valence-electron chi connectivity index (χ2n) is 3.80. The van der Waals surface area contributed by atoms with Crippen LogP contribution in [0, 0.1) is 0 Å². The smallest absolute Gasteiger partial charge is 0.264 e. The summed E-state index contributed by atoms with van der Waals surface area (Å²) in [5.41, 5.74) is 0. The van der Waals surface area contributed by atoms with Crippen molar-refractivity contribution in [1.82, 2.24) is 5.32 Å². The zero-order valence-corrected chi connectivity index (χ0v) is 10.8. The van der Waals surface area contributed by atoms with E-state index in [1.807, 2.05) is 0 Å². The molecule has 0 unspecified atom stereocenters. The first-order valence-corrected chi connectivity index (χ1v) is 7.32. The second-order valence-corrected chi connectivity index (χ2v) is 5.37. The van der Waals surface area contributed by atoms with Gasteiger partial charge in [-0.15, -0.1) is 0 Å². The van der Waals surface area contributed by atoms with E-state index in [1.54, 1.807) is 7.11 Å². The Kier molecular flexibility index (Phi) is 9.91. The molecule has 0 aromatic rings. The van der Waals surface area contributed by atoms with Gasteiger partial charge >= 0.3 is 0 Å². The molecule has 0 aliphatic rings. The summed E-state index contributed by atoms with van der Waals surface area (Å²) >= 11 is 0. The van der Waals surface area contributed by atoms with E-state index in [1.165, 1.54) is 0 Å². The SMILES string of the molecule is COCCCNCCCCCCS(=O)(=O)O. The van der Waals surface area contributed by atoms with E-state index in [2.05, 4.69) is 5.32 Å². The van der Waals surface area contributed by atoms with Crippen LogP contribution in [0.3, 0.4) is 0 Å². The van der Waals surface area contributed by atoms with E-state index in [9.17, 15) is 8.42 Å². The van der Waals surface area contributed by atoms with Crippen molar-refractivity contribution in [2.75, 3.05) is 32.6 Å². The quantitative estimate of drug-likeness (QED) is 0.425. The van der Waals surface area contributed by atoms with E-state index < -0.39 is 10.1 Å². The van der Waals surface area contributed by atoms with Crippen LogP contribution in [0.5, 0.6) is 0 Å². The molecule has 0 amide bonds. The molecule has 0 spiro atoms. The summed E-state index contributed by atoms with van der Waals surface area (Å²) in [5, 5.41) is 3.28. The first-order chi connectivity index (χ1) is 7.56. The van der Waals surface area contributed by atoms with E-state index >= 15 is 0 Å². The lowest BCUT2D eigenvalue weighted by atomic mass is 10.2. The number of methoxy groups -OCH3 is 1. The van der Waals surface area contributed by atoms with Gasteiger partial charge in [0.2, 0.25) is 0 Å². The van der Waals surface area contributed by atoms with E-state index in [0.717, 1.165) is 45.4 Å². The van der Waals surface area contributed by atoms with E-state index in [4.69, 9.17) is 9.29 Å². The Balaban J connectivity index is 3.05. The fourth-order valence-corrected chi connectivity index (χ4v) is 1.92. The molecule has 0 rings (SSSR count). The summed E-state index contributed by atoms with van der Waals surface area (Å²) < 4.78 is 34.2. The van der Waals surface area contributed by atoms with E-state index in [0.29, 0.717) is 6.42 Å². The molecule has 0 heterocycles. The first-order valence-electron chi connectivity index (χ1n) is 5.71. The van der Waals surface area contributed by atoms with Crippen LogP contribution in [0.25, 0.3) is 0 Å². The minimum Gasteiger partial charge on any atom is -0.385 e. The molecule has 0 bridgehead atoms. The Labute approximate surface area is 98.3 Å². The van der Waals surface area contributed by atoms with Crippen LogP contribution in [0.2, 0.25) is 0 Å². The summed E-state index contributed by atoms with van der Waals surface area (Å²) in [4.78, 5) is 0. The molecule has 2 N–H and O–H groups in total. The number of rotatable bonds is 11. The minimum absolute atomic E-state index is 0.117. The maximum absolute atomic E-state index is 10.4. The van der Waals surface area contributed by atoms with Gasteiger partial charge in [0.05, 0.1) is 5.75 Å². The van der Waals surface area contributed by atoms with Crippen LogP contribution in [0.1, 0.15) is 32.1 Å². The van der Waals surface area contributed by atoms with Gasteiger partial charge in [-0.3, -0.25) is 4.55 Å². The summed E-state index contributed by atoms with van der Waals surface area (Å²) in [6, 6.07) is 0. The molecule has 0 saturated heterocycles. The molecule has 0 aliphatic carbocycles. The van der Waals surface area contributed by atoms with Gasteiger partial charge in [0.15, 0.2) is 0 Å². The molecule has 0 aromatic heterocycles. The van der Waals surface area contributed by atoms with Crippen molar-refractivity contribution in [3.05, 3.63) is 0 Å². The molecule has 6 heteroatoms. The van der Waals surface area contributed by atoms with Crippen LogP contribution in [0.15, 0.2) is 0 Å². The highest BCUT2D eigenvalue weighted by molar-refractivity contribution is 7.85. The van der Waals surface area contributed by atoms with Gasteiger partial charge < -0.3 is 10.1 Å². The van der Waals surface area contributed by atoms with Crippen molar-refractivity contribution in [2.45, 2.75) is 32.1 Å². The number of ether oxygens (including phenoxy) is 1. The molecule has 0 radical (unpaired) electrons. The predicted octanol–water partition coefficient (Wildman–Crippen LogP) is 1.06. The lowest BCUT2D eigenvalue weighted by molar-refractivity contribution is 0.194. The van der Waals surface area contributed by atoms with E-state index in [-0.39, 0.29) is 5.75 Å². The van der Waals surface area contributed by atoms with Crippen molar-refractivity contribution >= 4 is 10.1 Å². The monoisotopic (exact) mass is 253 g/mol. The normalized spacial score (nSPS) is 11.9. The summed E-state index contributed by atoms with van der Waals surface area (Å²) in [7, 11) is -2.07. The summed E-state index contributed by atoms with van der Waals surface area (Å²) in [6.07, 6.45) is 4.44. The molecular weight excluding hydrogens is 230 g/mol. The zero-order valence-electron chi connectivity index (χ0n) is 9.94. The Hall–Kier alpha value is -0.170. The third-order valence-corrected chi connectivity index (χ3v) is 3.01. The van der Waals surface area contributed by atoms with Crippen molar-refractivity contribution < 1.29 is 17.7 Å². The number of hydrogen-bond acceptors (Lipinski definition) is 4. The molecule has 0 saturated carbocycles. The largest absolute Gasteiger partial charge is 0.385 e. The van der Waals surface area contributed by atoms with Gasteiger partial charge in [-0.05, 0) is 32.4 Å². The van der Waals surface area contributed by atoms with Crippen LogP contribution in [0.4, 0.5) is 0 Å². The maximum atomic E-state index is 10.4. The molecule has 0 fully saturated rings. The van der Waals surface area contributed by atoms with Gasteiger partial charge in [-0.25, -0.2) is 0 Å². The van der Waals surface area contributed by atoms with Crippen molar-refractivity contribution in [2.24, 2.45) is 0 Å².